The highest BCUT2D eigenvalue weighted by molar-refractivity contribution is 6.21. The van der Waals surface area contributed by atoms with Crippen LogP contribution < -0.4 is 0 Å². The lowest BCUT2D eigenvalue weighted by atomic mass is 10.1. The summed E-state index contributed by atoms with van der Waals surface area (Å²) in [5.74, 6) is -2.52. The summed E-state index contributed by atoms with van der Waals surface area (Å²) in [6.45, 7) is 1.78. The first-order chi connectivity index (χ1) is 12.5. The van der Waals surface area contributed by atoms with Crippen LogP contribution >= 0.6 is 0 Å². The Labute approximate surface area is 148 Å². The lowest BCUT2D eigenvalue weighted by molar-refractivity contribution is -0.173. The average Bonchev–Trinajstić information content (AvgIpc) is 3.12. The second kappa shape index (κ2) is 5.80. The molecule has 0 saturated carbocycles. The van der Waals surface area contributed by atoms with Crippen molar-refractivity contribution in [2.75, 3.05) is 0 Å². The van der Waals surface area contributed by atoms with Crippen LogP contribution in [0.1, 0.15) is 43.6 Å². The summed E-state index contributed by atoms with van der Waals surface area (Å²) >= 11 is 0. The van der Waals surface area contributed by atoms with Crippen LogP contribution in [0.2, 0.25) is 0 Å². The molecule has 0 spiro atoms. The fourth-order valence-corrected chi connectivity index (χ4v) is 3.13. The molecule has 2 aliphatic rings. The van der Waals surface area contributed by atoms with Crippen molar-refractivity contribution in [2.45, 2.75) is 19.5 Å². The zero-order chi connectivity index (χ0) is 18.4. The van der Waals surface area contributed by atoms with Gasteiger partial charge in [-0.15, -0.1) is 0 Å². The maximum atomic E-state index is 12.5. The third-order valence-electron chi connectivity index (χ3n) is 4.60. The first kappa shape index (κ1) is 16.0. The van der Waals surface area contributed by atoms with E-state index >= 15 is 0 Å². The predicted molar refractivity (Wildman–Crippen MR) is 88.8 cm³/mol. The number of amides is 3. The number of fused-ring (bicyclic) bond motifs is 2. The molecule has 2 heterocycles. The van der Waals surface area contributed by atoms with Gasteiger partial charge in [-0.05, 0) is 30.7 Å². The van der Waals surface area contributed by atoms with Gasteiger partial charge in [0.25, 0.3) is 17.7 Å². The largest absolute Gasteiger partial charge is 0.355 e. The zero-order valence-electron chi connectivity index (χ0n) is 13.8. The molecule has 7 heteroatoms. The Morgan fingerprint density at radius 1 is 0.885 bits per heavy atom. The number of hydrogen-bond acceptors (Lipinski definition) is 5. The molecule has 7 nitrogen and oxygen atoms in total. The summed E-state index contributed by atoms with van der Waals surface area (Å²) in [5, 5.41) is 0.456. The Kier molecular flexibility index (Phi) is 3.57. The van der Waals surface area contributed by atoms with Crippen LogP contribution in [-0.2, 0) is 16.2 Å². The van der Waals surface area contributed by atoms with Crippen molar-refractivity contribution in [1.29, 1.82) is 0 Å². The van der Waals surface area contributed by atoms with E-state index in [4.69, 9.17) is 4.84 Å². The van der Waals surface area contributed by atoms with Gasteiger partial charge in [-0.3, -0.25) is 14.4 Å². The normalized spacial score (nSPS) is 16.6. The van der Waals surface area contributed by atoms with Crippen molar-refractivity contribution >= 4 is 23.7 Å². The molecule has 0 radical (unpaired) electrons. The van der Waals surface area contributed by atoms with Gasteiger partial charge in [0, 0.05) is 12.1 Å². The van der Waals surface area contributed by atoms with E-state index < -0.39 is 23.8 Å². The van der Waals surface area contributed by atoms with E-state index in [1.807, 2.05) is 12.1 Å². The number of hydroxylamine groups is 2. The van der Waals surface area contributed by atoms with E-state index in [0.29, 0.717) is 10.6 Å². The molecule has 1 atom stereocenters. The summed E-state index contributed by atoms with van der Waals surface area (Å²) in [5.41, 5.74) is 1.72. The number of carbonyl (C=O) groups excluding carboxylic acids is 4. The Balaban J connectivity index is 1.51. The van der Waals surface area contributed by atoms with Crippen molar-refractivity contribution in [3.8, 4) is 0 Å². The van der Waals surface area contributed by atoms with E-state index in [-0.39, 0.29) is 23.6 Å². The third kappa shape index (κ3) is 2.28. The molecule has 2 aromatic carbocycles. The fourth-order valence-electron chi connectivity index (χ4n) is 3.13. The molecule has 0 aromatic heterocycles. The summed E-state index contributed by atoms with van der Waals surface area (Å²) in [6.07, 6.45) is 0. The van der Waals surface area contributed by atoms with Crippen molar-refractivity contribution < 1.29 is 24.0 Å². The number of imide groups is 1. The quantitative estimate of drug-likeness (QED) is 0.788. The Morgan fingerprint density at radius 2 is 1.42 bits per heavy atom. The van der Waals surface area contributed by atoms with E-state index in [2.05, 4.69) is 0 Å². The molecule has 0 N–H and O–H groups in total. The molecule has 2 aliphatic heterocycles. The minimum Gasteiger partial charge on any atom is -0.327 e. The zero-order valence-corrected chi connectivity index (χ0v) is 13.8. The van der Waals surface area contributed by atoms with Crippen molar-refractivity contribution in [3.63, 3.8) is 0 Å². The Hall–Kier alpha value is -3.48. The third-order valence-corrected chi connectivity index (χ3v) is 4.60. The number of rotatable bonds is 3. The lowest BCUT2D eigenvalue weighted by Gasteiger charge is -2.23. The first-order valence-corrected chi connectivity index (χ1v) is 8.07. The molecule has 130 valence electrons. The molecule has 0 saturated heterocycles. The summed E-state index contributed by atoms with van der Waals surface area (Å²) in [4.78, 5) is 55.9. The fraction of sp³-hybridized carbons (Fsp3) is 0.158. The highest BCUT2D eigenvalue weighted by atomic mass is 16.7. The second-order valence-electron chi connectivity index (χ2n) is 6.13. The summed E-state index contributed by atoms with van der Waals surface area (Å²) < 4.78 is 0. The molecule has 4 rings (SSSR count). The molecular formula is C19H14N2O5. The van der Waals surface area contributed by atoms with Gasteiger partial charge in [0.05, 0.1) is 11.1 Å². The predicted octanol–water partition coefficient (Wildman–Crippen LogP) is 1.79. The standard InChI is InChI=1S/C19H14N2O5/c1-11(20-10-12-6-2-3-7-13(12)16(20)22)19(25)26-21-17(23)14-8-4-5-9-15(14)18(21)24/h2-9,11H,10H2,1H3/t11-/m1/s1. The number of benzene rings is 2. The van der Waals surface area contributed by atoms with Crippen LogP contribution in [0.15, 0.2) is 48.5 Å². The van der Waals surface area contributed by atoms with Gasteiger partial charge in [0.1, 0.15) is 6.04 Å². The van der Waals surface area contributed by atoms with E-state index in [9.17, 15) is 19.2 Å². The Bertz CT molecular complexity index is 933. The highest BCUT2D eigenvalue weighted by Crippen LogP contribution is 2.26. The van der Waals surface area contributed by atoms with Crippen molar-refractivity contribution in [3.05, 3.63) is 70.8 Å². The van der Waals surface area contributed by atoms with E-state index in [1.165, 1.54) is 24.0 Å². The van der Waals surface area contributed by atoms with Crippen LogP contribution in [0, 0.1) is 0 Å². The van der Waals surface area contributed by atoms with Crippen LogP contribution in [0.25, 0.3) is 0 Å². The van der Waals surface area contributed by atoms with E-state index in [1.54, 1.807) is 24.3 Å². The van der Waals surface area contributed by atoms with Gasteiger partial charge in [-0.25, -0.2) is 4.79 Å². The van der Waals surface area contributed by atoms with E-state index in [0.717, 1.165) is 5.56 Å². The van der Waals surface area contributed by atoms with Gasteiger partial charge in [-0.1, -0.05) is 35.4 Å². The van der Waals surface area contributed by atoms with Crippen LogP contribution in [-0.4, -0.2) is 39.7 Å². The smallest absolute Gasteiger partial charge is 0.327 e. The van der Waals surface area contributed by atoms with Gasteiger partial charge in [0.15, 0.2) is 0 Å². The summed E-state index contributed by atoms with van der Waals surface area (Å²) in [7, 11) is 0. The first-order valence-electron chi connectivity index (χ1n) is 8.07. The van der Waals surface area contributed by atoms with Crippen LogP contribution in [0.4, 0.5) is 0 Å². The number of carbonyl (C=O) groups is 4. The molecule has 0 aliphatic carbocycles. The van der Waals surface area contributed by atoms with Gasteiger partial charge in [0.2, 0.25) is 0 Å². The number of hydrogen-bond donors (Lipinski definition) is 0. The maximum absolute atomic E-state index is 12.5. The average molecular weight is 350 g/mol. The minimum atomic E-state index is -0.945. The molecule has 3 amide bonds. The monoisotopic (exact) mass is 350 g/mol. The Morgan fingerprint density at radius 3 is 2.00 bits per heavy atom. The van der Waals surface area contributed by atoms with Gasteiger partial charge >= 0.3 is 5.97 Å². The molecular weight excluding hydrogens is 336 g/mol. The topological polar surface area (TPSA) is 84.0 Å². The van der Waals surface area contributed by atoms with Crippen molar-refractivity contribution in [2.24, 2.45) is 0 Å². The second-order valence-corrected chi connectivity index (χ2v) is 6.13. The lowest BCUT2D eigenvalue weighted by Crippen LogP contribution is -2.44. The maximum Gasteiger partial charge on any atom is 0.355 e. The van der Waals surface area contributed by atoms with Crippen LogP contribution in [0.3, 0.4) is 0 Å². The van der Waals surface area contributed by atoms with Crippen molar-refractivity contribution in [1.82, 2.24) is 9.96 Å². The molecule has 0 fully saturated rings. The SMILES string of the molecule is C[C@H](C(=O)ON1C(=O)c2ccccc2C1=O)N1Cc2ccccc2C1=O. The number of nitrogens with zero attached hydrogens (tertiary/aromatic N) is 2. The van der Waals surface area contributed by atoms with Crippen LogP contribution in [0.5, 0.6) is 0 Å². The minimum absolute atomic E-state index is 0.183. The van der Waals surface area contributed by atoms with Gasteiger partial charge in [-0.2, -0.15) is 0 Å². The van der Waals surface area contributed by atoms with Gasteiger partial charge < -0.3 is 9.74 Å². The molecule has 2 aromatic rings. The highest BCUT2D eigenvalue weighted by Gasteiger charge is 2.41. The molecule has 0 unspecified atom stereocenters. The summed E-state index contributed by atoms with van der Waals surface area (Å²) in [6, 6.07) is 12.4. The molecule has 26 heavy (non-hydrogen) atoms. The molecule has 0 bridgehead atoms.